The van der Waals surface area contributed by atoms with Gasteiger partial charge in [0.15, 0.2) is 0 Å². The van der Waals surface area contributed by atoms with E-state index >= 15 is 0 Å². The number of rotatable bonds is 3. The van der Waals surface area contributed by atoms with E-state index in [4.69, 9.17) is 4.74 Å². The van der Waals surface area contributed by atoms with Gasteiger partial charge < -0.3 is 14.2 Å². The summed E-state index contributed by atoms with van der Waals surface area (Å²) in [6, 6.07) is 15.4. The predicted octanol–water partition coefficient (Wildman–Crippen LogP) is 3.36. The van der Waals surface area contributed by atoms with Crippen molar-refractivity contribution in [3.63, 3.8) is 0 Å². The fourth-order valence-corrected chi connectivity index (χ4v) is 3.08. The van der Waals surface area contributed by atoms with Crippen LogP contribution in [0.3, 0.4) is 0 Å². The molecule has 1 atom stereocenters. The topological polar surface area (TPSA) is 47.4 Å². The van der Waals surface area contributed by atoms with Gasteiger partial charge in [-0.25, -0.2) is 4.98 Å². The lowest BCUT2D eigenvalue weighted by molar-refractivity contribution is 0.0961. The van der Waals surface area contributed by atoms with Gasteiger partial charge >= 0.3 is 0 Å². The largest absolute Gasteiger partial charge is 0.487 e. The summed E-state index contributed by atoms with van der Waals surface area (Å²) >= 11 is 0. The van der Waals surface area contributed by atoms with E-state index in [1.165, 1.54) is 0 Å². The molecule has 5 nitrogen and oxygen atoms in total. The SMILES string of the molecule is CC1CN(C(=O)c2ccc(Cn3ccnc3)cc2)c2ccccc2O1. The zero-order valence-electron chi connectivity index (χ0n) is 14.0. The first-order chi connectivity index (χ1) is 12.2. The van der Waals surface area contributed by atoms with Crippen LogP contribution in [0.4, 0.5) is 5.69 Å². The number of hydrogen-bond acceptors (Lipinski definition) is 3. The van der Waals surface area contributed by atoms with Gasteiger partial charge in [0.05, 0.1) is 18.6 Å². The molecule has 1 aliphatic rings. The van der Waals surface area contributed by atoms with Crippen LogP contribution >= 0.6 is 0 Å². The number of anilines is 1. The first-order valence-electron chi connectivity index (χ1n) is 8.33. The van der Waals surface area contributed by atoms with Crippen molar-refractivity contribution in [3.8, 4) is 5.75 Å². The molecule has 126 valence electrons. The molecule has 0 saturated carbocycles. The number of carbonyl (C=O) groups is 1. The van der Waals surface area contributed by atoms with Crippen molar-refractivity contribution in [2.45, 2.75) is 19.6 Å². The Hall–Kier alpha value is -3.08. The average Bonchev–Trinajstić information content (AvgIpc) is 3.14. The van der Waals surface area contributed by atoms with Gasteiger partial charge in [0.25, 0.3) is 5.91 Å². The third-order valence-electron chi connectivity index (χ3n) is 4.29. The summed E-state index contributed by atoms with van der Waals surface area (Å²) in [6.45, 7) is 3.27. The maximum atomic E-state index is 13.0. The molecule has 1 aromatic heterocycles. The molecule has 0 saturated heterocycles. The summed E-state index contributed by atoms with van der Waals surface area (Å²) < 4.78 is 7.82. The minimum atomic E-state index is -0.0284. The smallest absolute Gasteiger partial charge is 0.258 e. The van der Waals surface area contributed by atoms with Gasteiger partial charge in [-0.1, -0.05) is 24.3 Å². The van der Waals surface area contributed by atoms with Crippen LogP contribution in [-0.2, 0) is 6.54 Å². The molecule has 0 fully saturated rings. The van der Waals surface area contributed by atoms with E-state index in [2.05, 4.69) is 4.98 Å². The molecule has 1 amide bonds. The van der Waals surface area contributed by atoms with Crippen molar-refractivity contribution in [1.29, 1.82) is 0 Å². The van der Waals surface area contributed by atoms with Crippen molar-refractivity contribution in [2.24, 2.45) is 0 Å². The molecule has 25 heavy (non-hydrogen) atoms. The standard InChI is InChI=1S/C20H19N3O2/c1-15-12-23(18-4-2-3-5-19(18)25-15)20(24)17-8-6-16(7-9-17)13-22-11-10-21-14-22/h2-11,14-15H,12-13H2,1H3. The predicted molar refractivity (Wildman–Crippen MR) is 96.0 cm³/mol. The fraction of sp³-hybridized carbons (Fsp3) is 0.200. The molecular formula is C20H19N3O2. The molecule has 2 heterocycles. The van der Waals surface area contributed by atoms with Crippen molar-refractivity contribution >= 4 is 11.6 Å². The molecule has 0 spiro atoms. The van der Waals surface area contributed by atoms with E-state index in [-0.39, 0.29) is 12.0 Å². The summed E-state index contributed by atoms with van der Waals surface area (Å²) in [5.41, 5.74) is 2.64. The fourth-order valence-electron chi connectivity index (χ4n) is 3.08. The summed E-state index contributed by atoms with van der Waals surface area (Å²) in [6.07, 6.45) is 5.44. The van der Waals surface area contributed by atoms with Gasteiger partial charge in [0.2, 0.25) is 0 Å². The summed E-state index contributed by atoms with van der Waals surface area (Å²) in [7, 11) is 0. The zero-order valence-corrected chi connectivity index (χ0v) is 14.0. The van der Waals surface area contributed by atoms with E-state index in [9.17, 15) is 4.79 Å². The number of para-hydroxylation sites is 2. The molecule has 4 rings (SSSR count). The van der Waals surface area contributed by atoms with Crippen LogP contribution in [0.25, 0.3) is 0 Å². The van der Waals surface area contributed by atoms with Crippen LogP contribution in [-0.4, -0.2) is 28.1 Å². The second-order valence-electron chi connectivity index (χ2n) is 6.24. The van der Waals surface area contributed by atoms with E-state index < -0.39 is 0 Å². The molecule has 0 aliphatic carbocycles. The average molecular weight is 333 g/mol. The Kier molecular flexibility index (Phi) is 3.98. The lowest BCUT2D eigenvalue weighted by Gasteiger charge is -2.33. The summed E-state index contributed by atoms with van der Waals surface area (Å²) in [5.74, 6) is 0.753. The molecule has 2 aromatic carbocycles. The Morgan fingerprint density at radius 2 is 2.00 bits per heavy atom. The minimum absolute atomic E-state index is 0.00298. The van der Waals surface area contributed by atoms with Crippen LogP contribution in [0, 0.1) is 0 Å². The highest BCUT2D eigenvalue weighted by Gasteiger charge is 2.27. The van der Waals surface area contributed by atoms with Gasteiger partial charge in [-0.3, -0.25) is 4.79 Å². The number of fused-ring (bicyclic) bond motifs is 1. The van der Waals surface area contributed by atoms with Crippen molar-refractivity contribution < 1.29 is 9.53 Å². The van der Waals surface area contributed by atoms with Crippen molar-refractivity contribution in [1.82, 2.24) is 9.55 Å². The van der Waals surface area contributed by atoms with Crippen LogP contribution in [0.15, 0.2) is 67.3 Å². The highest BCUT2D eigenvalue weighted by atomic mass is 16.5. The van der Waals surface area contributed by atoms with Gasteiger partial charge in [-0.15, -0.1) is 0 Å². The van der Waals surface area contributed by atoms with Gasteiger partial charge in [0.1, 0.15) is 11.9 Å². The highest BCUT2D eigenvalue weighted by Crippen LogP contribution is 2.33. The molecule has 5 heteroatoms. The monoisotopic (exact) mass is 333 g/mol. The second-order valence-corrected chi connectivity index (χ2v) is 6.24. The zero-order chi connectivity index (χ0) is 17.2. The quantitative estimate of drug-likeness (QED) is 0.738. The molecule has 0 radical (unpaired) electrons. The maximum Gasteiger partial charge on any atom is 0.258 e. The van der Waals surface area contributed by atoms with Crippen molar-refractivity contribution in [3.05, 3.63) is 78.4 Å². The Morgan fingerprint density at radius 3 is 2.76 bits per heavy atom. The van der Waals surface area contributed by atoms with Crippen LogP contribution in [0.2, 0.25) is 0 Å². The number of imidazole rings is 1. The Morgan fingerprint density at radius 1 is 1.20 bits per heavy atom. The number of ether oxygens (including phenoxy) is 1. The third kappa shape index (κ3) is 3.13. The number of nitrogens with zero attached hydrogens (tertiary/aromatic N) is 3. The normalized spacial score (nSPS) is 16.2. The molecule has 1 aliphatic heterocycles. The van der Waals surface area contributed by atoms with Gasteiger partial charge in [0, 0.05) is 24.5 Å². The Bertz CT molecular complexity index is 872. The van der Waals surface area contributed by atoms with Crippen molar-refractivity contribution in [2.75, 3.05) is 11.4 Å². The number of amides is 1. The minimum Gasteiger partial charge on any atom is -0.487 e. The highest BCUT2D eigenvalue weighted by molar-refractivity contribution is 6.07. The van der Waals surface area contributed by atoms with E-state index in [0.29, 0.717) is 12.1 Å². The summed E-state index contributed by atoms with van der Waals surface area (Å²) in [5, 5.41) is 0. The molecule has 0 N–H and O–H groups in total. The molecular weight excluding hydrogens is 314 g/mol. The van der Waals surface area contributed by atoms with Crippen LogP contribution < -0.4 is 9.64 Å². The van der Waals surface area contributed by atoms with Gasteiger partial charge in [-0.05, 0) is 36.8 Å². The second kappa shape index (κ2) is 6.43. The Labute approximate surface area is 146 Å². The number of aromatic nitrogens is 2. The van der Waals surface area contributed by atoms with Crippen LogP contribution in [0.5, 0.6) is 5.75 Å². The lowest BCUT2D eigenvalue weighted by atomic mass is 10.1. The van der Waals surface area contributed by atoms with Crippen LogP contribution in [0.1, 0.15) is 22.8 Å². The number of hydrogen-bond donors (Lipinski definition) is 0. The number of carbonyl (C=O) groups excluding carboxylic acids is 1. The molecule has 1 unspecified atom stereocenters. The van der Waals surface area contributed by atoms with Gasteiger partial charge in [-0.2, -0.15) is 0 Å². The summed E-state index contributed by atoms with van der Waals surface area (Å²) in [4.78, 5) is 18.8. The molecule has 0 bridgehead atoms. The third-order valence-corrected chi connectivity index (χ3v) is 4.29. The molecule has 3 aromatic rings. The first kappa shape index (κ1) is 15.4. The Balaban J connectivity index is 1.57. The van der Waals surface area contributed by atoms with E-state index in [0.717, 1.165) is 23.5 Å². The van der Waals surface area contributed by atoms with E-state index in [1.54, 1.807) is 17.4 Å². The number of benzene rings is 2. The first-order valence-corrected chi connectivity index (χ1v) is 8.33. The maximum absolute atomic E-state index is 13.0. The van der Waals surface area contributed by atoms with E-state index in [1.807, 2.05) is 66.2 Å². The lowest BCUT2D eigenvalue weighted by Crippen LogP contribution is -2.42.